The van der Waals surface area contributed by atoms with Gasteiger partial charge in [0.25, 0.3) is 0 Å². The number of hydrogen-bond acceptors (Lipinski definition) is 4. The Bertz CT molecular complexity index is 669. The van der Waals surface area contributed by atoms with Gasteiger partial charge in [-0.2, -0.15) is 0 Å². The molecule has 0 spiro atoms. The number of nitrogens with two attached hydrogens (primary N) is 1. The lowest BCUT2D eigenvalue weighted by Gasteiger charge is -2.15. The summed E-state index contributed by atoms with van der Waals surface area (Å²) in [5.74, 6) is 1.09. The quantitative estimate of drug-likeness (QED) is 0.549. The van der Waals surface area contributed by atoms with Crippen LogP contribution in [-0.4, -0.2) is 12.6 Å². The Balaban J connectivity index is 1.99. The van der Waals surface area contributed by atoms with Crippen molar-refractivity contribution in [1.29, 1.82) is 0 Å². The summed E-state index contributed by atoms with van der Waals surface area (Å²) in [6, 6.07) is 7.91. The molecular weight excluding hydrogens is 314 g/mol. The van der Waals surface area contributed by atoms with E-state index >= 15 is 0 Å². The molecule has 0 saturated heterocycles. The fourth-order valence-electron chi connectivity index (χ4n) is 2.61. The van der Waals surface area contributed by atoms with E-state index in [0.717, 1.165) is 35.6 Å². The predicted octanol–water partition coefficient (Wildman–Crippen LogP) is 4.72. The van der Waals surface area contributed by atoms with E-state index in [1.54, 1.807) is 12.2 Å². The summed E-state index contributed by atoms with van der Waals surface area (Å²) in [4.78, 5) is 11.2. The van der Waals surface area contributed by atoms with Gasteiger partial charge in [-0.05, 0) is 42.3 Å². The first-order valence-corrected chi connectivity index (χ1v) is 8.87. The number of esters is 1. The smallest absolute Gasteiger partial charge is 0.308 e. The van der Waals surface area contributed by atoms with Crippen molar-refractivity contribution in [1.82, 2.24) is 0 Å². The van der Waals surface area contributed by atoms with Gasteiger partial charge < -0.3 is 15.2 Å². The van der Waals surface area contributed by atoms with Gasteiger partial charge in [0.05, 0.1) is 6.61 Å². The van der Waals surface area contributed by atoms with Crippen LogP contribution in [0.5, 0.6) is 5.75 Å². The highest BCUT2D eigenvalue weighted by Crippen LogP contribution is 2.26. The largest absolute Gasteiger partial charge is 0.494 e. The van der Waals surface area contributed by atoms with Crippen LogP contribution in [0.1, 0.15) is 51.5 Å². The molecule has 0 amide bonds. The number of unbranched alkanes of at least 4 members (excludes halogenated alkanes) is 3. The number of rotatable bonds is 8. The van der Waals surface area contributed by atoms with E-state index < -0.39 is 0 Å². The van der Waals surface area contributed by atoms with E-state index in [4.69, 9.17) is 15.2 Å². The van der Waals surface area contributed by atoms with Gasteiger partial charge >= 0.3 is 5.97 Å². The standard InChI is InChI=1S/C21H27NO3/c1-3-4-5-6-13-24-20-10-7-17(8-11-20)14-18-15-19(22)9-12-21(18)25-16(2)23/h7-12,14H,3-6,13,15,22H2,1-2H3. The zero-order valence-corrected chi connectivity index (χ0v) is 15.1. The van der Waals surface area contributed by atoms with Crippen molar-refractivity contribution in [2.24, 2.45) is 5.73 Å². The van der Waals surface area contributed by atoms with E-state index in [1.165, 1.54) is 26.2 Å². The molecule has 0 saturated carbocycles. The first-order chi connectivity index (χ1) is 12.1. The summed E-state index contributed by atoms with van der Waals surface area (Å²) in [6.45, 7) is 4.35. The van der Waals surface area contributed by atoms with Gasteiger partial charge in [0.2, 0.25) is 0 Å². The normalized spacial score (nSPS) is 15.5. The van der Waals surface area contributed by atoms with Crippen LogP contribution in [0, 0.1) is 0 Å². The van der Waals surface area contributed by atoms with Gasteiger partial charge in [-0.1, -0.05) is 38.3 Å². The molecule has 0 aromatic heterocycles. The van der Waals surface area contributed by atoms with Crippen molar-refractivity contribution >= 4 is 12.0 Å². The van der Waals surface area contributed by atoms with Crippen LogP contribution in [0.2, 0.25) is 0 Å². The summed E-state index contributed by atoms with van der Waals surface area (Å²) in [5.41, 5.74) is 8.55. The van der Waals surface area contributed by atoms with Gasteiger partial charge in [-0.25, -0.2) is 0 Å². The van der Waals surface area contributed by atoms with Crippen molar-refractivity contribution in [2.75, 3.05) is 6.61 Å². The molecule has 0 aliphatic heterocycles. The van der Waals surface area contributed by atoms with Gasteiger partial charge in [-0.3, -0.25) is 4.79 Å². The molecular formula is C21H27NO3. The Morgan fingerprint density at radius 2 is 1.92 bits per heavy atom. The number of hydrogen-bond donors (Lipinski definition) is 1. The maximum absolute atomic E-state index is 11.2. The highest BCUT2D eigenvalue weighted by Gasteiger charge is 2.14. The maximum atomic E-state index is 11.2. The Labute approximate surface area is 150 Å². The van der Waals surface area contributed by atoms with Gasteiger partial charge in [0, 0.05) is 24.6 Å². The summed E-state index contributed by atoms with van der Waals surface area (Å²) in [5, 5.41) is 0. The molecule has 4 nitrogen and oxygen atoms in total. The second kappa shape index (κ2) is 9.72. The predicted molar refractivity (Wildman–Crippen MR) is 101 cm³/mol. The number of ether oxygens (including phenoxy) is 2. The number of benzene rings is 1. The molecule has 0 atom stereocenters. The molecule has 1 aliphatic rings. The van der Waals surface area contributed by atoms with Crippen LogP contribution in [-0.2, 0) is 9.53 Å². The SMILES string of the molecule is CCCCCCOc1ccc(C=C2CC(N)=CC=C2OC(C)=O)cc1. The highest BCUT2D eigenvalue weighted by molar-refractivity contribution is 5.70. The number of allylic oxidation sites excluding steroid dienone is 4. The topological polar surface area (TPSA) is 61.6 Å². The average molecular weight is 341 g/mol. The Morgan fingerprint density at radius 1 is 1.16 bits per heavy atom. The third-order valence-electron chi connectivity index (χ3n) is 3.90. The van der Waals surface area contributed by atoms with Gasteiger partial charge in [0.15, 0.2) is 0 Å². The lowest BCUT2D eigenvalue weighted by Crippen LogP contribution is -2.09. The van der Waals surface area contributed by atoms with Crippen LogP contribution in [0.25, 0.3) is 6.08 Å². The monoisotopic (exact) mass is 341 g/mol. The van der Waals surface area contributed by atoms with Crippen LogP contribution in [0.15, 0.2) is 53.4 Å². The molecule has 4 heteroatoms. The van der Waals surface area contributed by atoms with E-state index in [1.807, 2.05) is 30.3 Å². The molecule has 0 radical (unpaired) electrons. The van der Waals surface area contributed by atoms with Gasteiger partial charge in [0.1, 0.15) is 11.5 Å². The van der Waals surface area contributed by atoms with Crippen LogP contribution in [0.3, 0.4) is 0 Å². The van der Waals surface area contributed by atoms with E-state index in [-0.39, 0.29) is 5.97 Å². The molecule has 1 aromatic rings. The van der Waals surface area contributed by atoms with Crippen molar-refractivity contribution in [2.45, 2.75) is 46.0 Å². The third kappa shape index (κ3) is 6.49. The minimum atomic E-state index is -0.335. The zero-order chi connectivity index (χ0) is 18.1. The fourth-order valence-corrected chi connectivity index (χ4v) is 2.61. The zero-order valence-electron chi connectivity index (χ0n) is 15.1. The molecule has 25 heavy (non-hydrogen) atoms. The molecule has 0 heterocycles. The van der Waals surface area contributed by atoms with Crippen LogP contribution in [0.4, 0.5) is 0 Å². The van der Waals surface area contributed by atoms with Crippen molar-refractivity contribution in [3.05, 3.63) is 59.0 Å². The first-order valence-electron chi connectivity index (χ1n) is 8.87. The molecule has 0 bridgehead atoms. The van der Waals surface area contributed by atoms with Crippen LogP contribution >= 0.6 is 0 Å². The molecule has 2 rings (SSSR count). The van der Waals surface area contributed by atoms with Crippen molar-refractivity contribution < 1.29 is 14.3 Å². The lowest BCUT2D eigenvalue weighted by atomic mass is 10.00. The lowest BCUT2D eigenvalue weighted by molar-refractivity contribution is -0.136. The minimum Gasteiger partial charge on any atom is -0.494 e. The Kier molecular flexibility index (Phi) is 7.33. The number of carbonyl (C=O) groups excluding carboxylic acids is 1. The molecule has 1 aromatic carbocycles. The summed E-state index contributed by atoms with van der Waals surface area (Å²) in [6.07, 6.45) is 10.8. The van der Waals surface area contributed by atoms with E-state index in [2.05, 4.69) is 6.92 Å². The van der Waals surface area contributed by atoms with E-state index in [0.29, 0.717) is 12.2 Å². The summed E-state index contributed by atoms with van der Waals surface area (Å²) >= 11 is 0. The minimum absolute atomic E-state index is 0.335. The van der Waals surface area contributed by atoms with Crippen molar-refractivity contribution in [3.63, 3.8) is 0 Å². The first kappa shape index (κ1) is 18.8. The Hall–Kier alpha value is -2.49. The fraction of sp³-hybridized carbons (Fsp3) is 0.381. The second-order valence-electron chi connectivity index (χ2n) is 6.19. The molecule has 0 fully saturated rings. The molecule has 2 N–H and O–H groups in total. The maximum Gasteiger partial charge on any atom is 0.308 e. The van der Waals surface area contributed by atoms with Crippen molar-refractivity contribution in [3.8, 4) is 5.75 Å². The molecule has 134 valence electrons. The average Bonchev–Trinajstić information content (AvgIpc) is 2.58. The summed E-state index contributed by atoms with van der Waals surface area (Å²) in [7, 11) is 0. The molecule has 1 aliphatic carbocycles. The van der Waals surface area contributed by atoms with Crippen LogP contribution < -0.4 is 10.5 Å². The van der Waals surface area contributed by atoms with E-state index in [9.17, 15) is 4.79 Å². The van der Waals surface area contributed by atoms with Gasteiger partial charge in [-0.15, -0.1) is 0 Å². The highest BCUT2D eigenvalue weighted by atomic mass is 16.5. The number of carbonyl (C=O) groups is 1. The Morgan fingerprint density at radius 3 is 2.60 bits per heavy atom. The third-order valence-corrected chi connectivity index (χ3v) is 3.90. The second-order valence-corrected chi connectivity index (χ2v) is 6.19. The molecule has 0 unspecified atom stereocenters. The summed E-state index contributed by atoms with van der Waals surface area (Å²) < 4.78 is 11.0.